The van der Waals surface area contributed by atoms with Gasteiger partial charge in [-0.25, -0.2) is 8.42 Å². The standard InChI is InChI=1S/C22H20BrClN2O4S/c1-2-30-20-11-9-19(10-12-20)26(31(28,29)21-13-5-17(24)6-14-21)15-22(27)25-18-7-3-16(23)4-8-18/h3-14H,2,15H2,1H3,(H,25,27). The van der Waals surface area contributed by atoms with Crippen molar-refractivity contribution in [1.82, 2.24) is 0 Å². The molecule has 0 fully saturated rings. The van der Waals surface area contributed by atoms with Crippen molar-refractivity contribution in [3.05, 3.63) is 82.3 Å². The summed E-state index contributed by atoms with van der Waals surface area (Å²) in [6, 6.07) is 19.3. The van der Waals surface area contributed by atoms with Crippen molar-refractivity contribution in [3.63, 3.8) is 0 Å². The van der Waals surface area contributed by atoms with Gasteiger partial charge in [0.2, 0.25) is 5.91 Å². The molecule has 0 unspecified atom stereocenters. The summed E-state index contributed by atoms with van der Waals surface area (Å²) < 4.78 is 34.1. The van der Waals surface area contributed by atoms with Crippen LogP contribution >= 0.6 is 27.5 Å². The van der Waals surface area contributed by atoms with Gasteiger partial charge in [-0.2, -0.15) is 0 Å². The van der Waals surface area contributed by atoms with Crippen LogP contribution in [0.25, 0.3) is 0 Å². The molecule has 0 bridgehead atoms. The van der Waals surface area contributed by atoms with Crippen LogP contribution in [0.4, 0.5) is 11.4 Å². The van der Waals surface area contributed by atoms with Gasteiger partial charge < -0.3 is 10.1 Å². The Morgan fingerprint density at radius 2 is 1.61 bits per heavy atom. The van der Waals surface area contributed by atoms with Crippen LogP contribution in [0.2, 0.25) is 5.02 Å². The van der Waals surface area contributed by atoms with E-state index >= 15 is 0 Å². The second-order valence-electron chi connectivity index (χ2n) is 6.45. The Labute approximate surface area is 195 Å². The molecule has 1 amide bonds. The Balaban J connectivity index is 1.92. The summed E-state index contributed by atoms with van der Waals surface area (Å²) in [6.07, 6.45) is 0. The molecular weight excluding hydrogens is 504 g/mol. The average molecular weight is 524 g/mol. The molecule has 6 nitrogen and oxygen atoms in total. The van der Waals surface area contributed by atoms with Crippen molar-refractivity contribution in [2.24, 2.45) is 0 Å². The normalized spacial score (nSPS) is 11.1. The number of hydrogen-bond donors (Lipinski definition) is 1. The fraction of sp³-hybridized carbons (Fsp3) is 0.136. The van der Waals surface area contributed by atoms with E-state index in [0.29, 0.717) is 28.8 Å². The summed E-state index contributed by atoms with van der Waals surface area (Å²) in [5.74, 6) is 0.128. The van der Waals surface area contributed by atoms with Gasteiger partial charge in [-0.15, -0.1) is 0 Å². The lowest BCUT2D eigenvalue weighted by Crippen LogP contribution is -2.38. The Kier molecular flexibility index (Phi) is 7.59. The van der Waals surface area contributed by atoms with Crippen LogP contribution in [0, 0.1) is 0 Å². The fourth-order valence-corrected chi connectivity index (χ4v) is 4.60. The second kappa shape index (κ2) is 10.2. The van der Waals surface area contributed by atoms with Crippen molar-refractivity contribution in [2.45, 2.75) is 11.8 Å². The predicted molar refractivity (Wildman–Crippen MR) is 126 cm³/mol. The first-order valence-electron chi connectivity index (χ1n) is 9.36. The number of anilines is 2. The average Bonchev–Trinajstić information content (AvgIpc) is 2.75. The largest absolute Gasteiger partial charge is 0.494 e. The smallest absolute Gasteiger partial charge is 0.264 e. The highest BCUT2D eigenvalue weighted by Gasteiger charge is 2.27. The number of carbonyl (C=O) groups excluding carboxylic acids is 1. The maximum atomic E-state index is 13.4. The Morgan fingerprint density at radius 1 is 1.00 bits per heavy atom. The molecule has 1 N–H and O–H groups in total. The highest BCUT2D eigenvalue weighted by Crippen LogP contribution is 2.27. The van der Waals surface area contributed by atoms with E-state index in [-0.39, 0.29) is 4.90 Å². The molecule has 0 spiro atoms. The van der Waals surface area contributed by atoms with E-state index in [1.54, 1.807) is 48.5 Å². The monoisotopic (exact) mass is 522 g/mol. The van der Waals surface area contributed by atoms with Crippen LogP contribution < -0.4 is 14.4 Å². The van der Waals surface area contributed by atoms with Crippen molar-refractivity contribution < 1.29 is 17.9 Å². The molecular formula is C22H20BrClN2O4S. The fourth-order valence-electron chi connectivity index (χ4n) is 2.79. The summed E-state index contributed by atoms with van der Waals surface area (Å²) in [6.45, 7) is 1.94. The summed E-state index contributed by atoms with van der Waals surface area (Å²) >= 11 is 9.24. The van der Waals surface area contributed by atoms with Gasteiger partial charge >= 0.3 is 0 Å². The van der Waals surface area contributed by atoms with Gasteiger partial charge in [-0.05, 0) is 79.7 Å². The highest BCUT2D eigenvalue weighted by atomic mass is 79.9. The molecule has 3 rings (SSSR count). The molecule has 0 heterocycles. The molecule has 0 aliphatic rings. The zero-order chi connectivity index (χ0) is 22.4. The Bertz CT molecular complexity index is 1140. The first-order valence-corrected chi connectivity index (χ1v) is 12.0. The molecule has 0 saturated carbocycles. The first kappa shape index (κ1) is 23.1. The van der Waals surface area contributed by atoms with Crippen LogP contribution in [-0.2, 0) is 14.8 Å². The SMILES string of the molecule is CCOc1ccc(N(CC(=O)Nc2ccc(Br)cc2)S(=O)(=O)c2ccc(Cl)cc2)cc1. The Hall–Kier alpha value is -2.55. The topological polar surface area (TPSA) is 75.7 Å². The van der Waals surface area contributed by atoms with Gasteiger partial charge in [0.25, 0.3) is 10.0 Å². The van der Waals surface area contributed by atoms with E-state index in [1.165, 1.54) is 24.3 Å². The molecule has 0 atom stereocenters. The number of carbonyl (C=O) groups is 1. The second-order valence-corrected chi connectivity index (χ2v) is 9.66. The minimum Gasteiger partial charge on any atom is -0.494 e. The van der Waals surface area contributed by atoms with E-state index < -0.39 is 22.5 Å². The third-order valence-corrected chi connectivity index (χ3v) is 6.82. The van der Waals surface area contributed by atoms with Crippen molar-refractivity contribution in [1.29, 1.82) is 0 Å². The molecule has 0 radical (unpaired) electrons. The highest BCUT2D eigenvalue weighted by molar-refractivity contribution is 9.10. The number of sulfonamides is 1. The number of ether oxygens (including phenoxy) is 1. The van der Waals surface area contributed by atoms with Gasteiger partial charge in [0.05, 0.1) is 17.2 Å². The van der Waals surface area contributed by atoms with Crippen LogP contribution in [0.1, 0.15) is 6.92 Å². The van der Waals surface area contributed by atoms with E-state index in [2.05, 4.69) is 21.2 Å². The minimum absolute atomic E-state index is 0.0298. The summed E-state index contributed by atoms with van der Waals surface area (Å²) in [4.78, 5) is 12.7. The van der Waals surface area contributed by atoms with Crippen LogP contribution in [0.5, 0.6) is 5.75 Å². The molecule has 3 aromatic rings. The maximum Gasteiger partial charge on any atom is 0.264 e. The summed E-state index contributed by atoms with van der Waals surface area (Å²) in [7, 11) is -4.02. The van der Waals surface area contributed by atoms with Gasteiger partial charge in [0.15, 0.2) is 0 Å². The minimum atomic E-state index is -4.02. The third kappa shape index (κ3) is 6.00. The summed E-state index contributed by atoms with van der Waals surface area (Å²) in [5.41, 5.74) is 0.896. The van der Waals surface area contributed by atoms with Crippen LogP contribution in [0.3, 0.4) is 0 Å². The zero-order valence-corrected chi connectivity index (χ0v) is 19.7. The van der Waals surface area contributed by atoms with E-state index in [4.69, 9.17) is 16.3 Å². The molecule has 3 aromatic carbocycles. The molecule has 9 heteroatoms. The number of nitrogens with one attached hydrogen (secondary N) is 1. The van der Waals surface area contributed by atoms with E-state index in [9.17, 15) is 13.2 Å². The lowest BCUT2D eigenvalue weighted by molar-refractivity contribution is -0.114. The number of nitrogens with zero attached hydrogens (tertiary/aromatic N) is 1. The van der Waals surface area contributed by atoms with Crippen molar-refractivity contribution in [3.8, 4) is 5.75 Å². The van der Waals surface area contributed by atoms with Crippen LogP contribution in [-0.4, -0.2) is 27.5 Å². The molecule has 162 valence electrons. The number of rotatable bonds is 8. The third-order valence-electron chi connectivity index (χ3n) is 4.25. The molecule has 0 aliphatic heterocycles. The predicted octanol–water partition coefficient (Wildman–Crippen LogP) is 5.34. The lowest BCUT2D eigenvalue weighted by atomic mass is 10.3. The maximum absolute atomic E-state index is 13.4. The van der Waals surface area contributed by atoms with E-state index in [0.717, 1.165) is 8.78 Å². The van der Waals surface area contributed by atoms with Crippen molar-refractivity contribution >= 4 is 54.8 Å². The molecule has 31 heavy (non-hydrogen) atoms. The molecule has 0 saturated heterocycles. The number of halogens is 2. The Morgan fingerprint density at radius 3 is 2.19 bits per heavy atom. The summed E-state index contributed by atoms with van der Waals surface area (Å²) in [5, 5.41) is 3.14. The quantitative estimate of drug-likeness (QED) is 0.433. The first-order chi connectivity index (χ1) is 14.8. The number of benzene rings is 3. The van der Waals surface area contributed by atoms with Gasteiger partial charge in [0.1, 0.15) is 12.3 Å². The number of amides is 1. The van der Waals surface area contributed by atoms with Gasteiger partial charge in [0, 0.05) is 15.2 Å². The van der Waals surface area contributed by atoms with E-state index in [1.807, 2.05) is 6.92 Å². The zero-order valence-electron chi connectivity index (χ0n) is 16.6. The van der Waals surface area contributed by atoms with Crippen LogP contribution in [0.15, 0.2) is 82.2 Å². The molecule has 0 aliphatic carbocycles. The van der Waals surface area contributed by atoms with Gasteiger partial charge in [-0.3, -0.25) is 9.10 Å². The van der Waals surface area contributed by atoms with Gasteiger partial charge in [-0.1, -0.05) is 27.5 Å². The number of hydrogen-bond acceptors (Lipinski definition) is 4. The molecule has 0 aromatic heterocycles. The lowest BCUT2D eigenvalue weighted by Gasteiger charge is -2.24. The van der Waals surface area contributed by atoms with Crippen molar-refractivity contribution in [2.75, 3.05) is 22.8 Å².